The lowest BCUT2D eigenvalue weighted by molar-refractivity contribution is -0.120. The summed E-state index contributed by atoms with van der Waals surface area (Å²) in [5, 5.41) is 13.1. The van der Waals surface area contributed by atoms with Crippen molar-refractivity contribution in [2.24, 2.45) is 23.2 Å². The summed E-state index contributed by atoms with van der Waals surface area (Å²) in [4.78, 5) is 40.6. The Kier molecular flexibility index (Phi) is 6.53. The minimum Gasteiger partial charge on any atom is -0.465 e. The molecule has 3 fully saturated rings. The molecule has 0 aromatic carbocycles. The van der Waals surface area contributed by atoms with E-state index in [0.29, 0.717) is 40.8 Å². The summed E-state index contributed by atoms with van der Waals surface area (Å²) in [6.07, 6.45) is 9.80. The van der Waals surface area contributed by atoms with Crippen molar-refractivity contribution < 1.29 is 14.7 Å². The van der Waals surface area contributed by atoms with E-state index < -0.39 is 6.09 Å². The molecule has 2 aromatic heterocycles. The normalized spacial score (nSPS) is 23.0. The maximum atomic E-state index is 12.2. The highest BCUT2D eigenvalue weighted by atomic mass is 35.5. The van der Waals surface area contributed by atoms with E-state index in [9.17, 15) is 14.7 Å². The number of hydrogen-bond donors (Lipinski definition) is 2. The summed E-state index contributed by atoms with van der Waals surface area (Å²) in [6, 6.07) is 3.39. The first-order chi connectivity index (χ1) is 16.8. The number of carbonyl (C=O) groups excluding carboxylic acids is 1. The number of anilines is 3. The maximum absolute atomic E-state index is 12.2. The number of nitrogens with zero attached hydrogens (tertiary/aromatic N) is 5. The molecule has 9 nitrogen and oxygen atoms in total. The van der Waals surface area contributed by atoms with E-state index >= 15 is 0 Å². The first kappa shape index (κ1) is 23.8. The molecule has 2 atom stereocenters. The number of carboxylic acid groups (broad SMARTS) is 1. The summed E-state index contributed by atoms with van der Waals surface area (Å²) in [5.74, 6) is 3.05. The molecular formula is C25H31ClN6O3. The van der Waals surface area contributed by atoms with Gasteiger partial charge in [-0.15, -0.1) is 0 Å². The number of amides is 2. The molecule has 0 bridgehead atoms. The molecular weight excluding hydrogens is 468 g/mol. The Morgan fingerprint density at radius 3 is 2.49 bits per heavy atom. The standard InChI is InChI=1S/C25H31ClN6O3/c1-25(7-8-25)22(33)30-21-3-2-19(15-27-21)32(24(34)35)11-6-17-12-20(17)16-4-9-31(10-5-16)23-28-13-18(26)14-29-23/h2-3,13-17,20H,4-12H2,1H3,(H,34,35)(H,27,30,33). The smallest absolute Gasteiger partial charge is 0.411 e. The Morgan fingerprint density at radius 2 is 1.89 bits per heavy atom. The molecule has 3 aliphatic rings. The molecule has 5 rings (SSSR count). The first-order valence-corrected chi connectivity index (χ1v) is 12.7. The van der Waals surface area contributed by atoms with E-state index in [1.807, 2.05) is 6.92 Å². The van der Waals surface area contributed by atoms with Gasteiger partial charge in [0, 0.05) is 25.0 Å². The number of pyridine rings is 1. The van der Waals surface area contributed by atoms with E-state index in [-0.39, 0.29) is 11.3 Å². The average Bonchev–Trinajstić information content (AvgIpc) is 3.78. The molecule has 0 spiro atoms. The highest BCUT2D eigenvalue weighted by molar-refractivity contribution is 6.30. The minimum atomic E-state index is -0.984. The van der Waals surface area contributed by atoms with Crippen LogP contribution < -0.4 is 15.1 Å². The van der Waals surface area contributed by atoms with Crippen molar-refractivity contribution in [3.8, 4) is 0 Å². The van der Waals surface area contributed by atoms with Crippen LogP contribution in [0.1, 0.15) is 45.4 Å². The zero-order valence-electron chi connectivity index (χ0n) is 19.9. The SMILES string of the molecule is CC1(C(=O)Nc2ccc(N(CCC3CC3C3CCN(c4ncc(Cl)cn4)CC3)C(=O)O)cn2)CC1. The molecule has 3 heterocycles. The van der Waals surface area contributed by atoms with E-state index in [2.05, 4.69) is 25.2 Å². The lowest BCUT2D eigenvalue weighted by atomic mass is 9.90. The van der Waals surface area contributed by atoms with Gasteiger partial charge >= 0.3 is 6.09 Å². The van der Waals surface area contributed by atoms with E-state index in [1.165, 1.54) is 11.1 Å². The second-order valence-electron chi connectivity index (χ2n) is 10.3. The second-order valence-corrected chi connectivity index (χ2v) is 10.8. The van der Waals surface area contributed by atoms with Crippen molar-refractivity contribution in [2.75, 3.05) is 34.8 Å². The number of halogens is 1. The minimum absolute atomic E-state index is 0.0286. The zero-order chi connectivity index (χ0) is 24.6. The van der Waals surface area contributed by atoms with Gasteiger partial charge in [-0.1, -0.05) is 18.5 Å². The van der Waals surface area contributed by atoms with Crippen molar-refractivity contribution >= 4 is 41.1 Å². The van der Waals surface area contributed by atoms with Gasteiger partial charge in [-0.05, 0) is 68.4 Å². The highest BCUT2D eigenvalue weighted by Gasteiger charge is 2.45. The first-order valence-electron chi connectivity index (χ1n) is 12.3. The Labute approximate surface area is 209 Å². The predicted molar refractivity (Wildman–Crippen MR) is 134 cm³/mol. The van der Waals surface area contributed by atoms with Crippen LogP contribution in [0.25, 0.3) is 0 Å². The van der Waals surface area contributed by atoms with Crippen LogP contribution in [0.3, 0.4) is 0 Å². The third-order valence-electron chi connectivity index (χ3n) is 7.82. The number of hydrogen-bond acceptors (Lipinski definition) is 6. The lowest BCUT2D eigenvalue weighted by Crippen LogP contribution is -2.35. The van der Waals surface area contributed by atoms with Gasteiger partial charge in [0.1, 0.15) is 5.82 Å². The summed E-state index contributed by atoms with van der Waals surface area (Å²) in [5.41, 5.74) is 0.246. The third kappa shape index (κ3) is 5.50. The molecule has 2 saturated carbocycles. The molecule has 186 valence electrons. The van der Waals surface area contributed by atoms with Gasteiger partial charge in [-0.2, -0.15) is 0 Å². The Morgan fingerprint density at radius 1 is 1.17 bits per heavy atom. The molecule has 2 unspecified atom stereocenters. The fraction of sp³-hybridized carbons (Fsp3) is 0.560. The maximum Gasteiger partial charge on any atom is 0.411 e. The quantitative estimate of drug-likeness (QED) is 0.543. The number of nitrogens with one attached hydrogen (secondary N) is 1. The van der Waals surface area contributed by atoms with Gasteiger partial charge in [0.15, 0.2) is 0 Å². The summed E-state index contributed by atoms with van der Waals surface area (Å²) < 4.78 is 0. The van der Waals surface area contributed by atoms with Gasteiger partial charge in [-0.3, -0.25) is 9.69 Å². The number of piperidine rings is 1. The fourth-order valence-electron chi connectivity index (χ4n) is 5.11. The van der Waals surface area contributed by atoms with Crippen LogP contribution in [0.2, 0.25) is 5.02 Å². The van der Waals surface area contributed by atoms with Crippen LogP contribution in [0.4, 0.5) is 22.2 Å². The number of carbonyl (C=O) groups is 2. The Hall–Kier alpha value is -2.94. The molecule has 1 aliphatic heterocycles. The van der Waals surface area contributed by atoms with Crippen LogP contribution in [0.5, 0.6) is 0 Å². The molecule has 0 radical (unpaired) electrons. The Balaban J connectivity index is 1.09. The van der Waals surface area contributed by atoms with Crippen molar-refractivity contribution in [1.82, 2.24) is 15.0 Å². The van der Waals surface area contributed by atoms with Crippen molar-refractivity contribution in [3.63, 3.8) is 0 Å². The van der Waals surface area contributed by atoms with Gasteiger partial charge in [0.2, 0.25) is 11.9 Å². The summed E-state index contributed by atoms with van der Waals surface area (Å²) >= 11 is 5.89. The average molecular weight is 499 g/mol. The summed E-state index contributed by atoms with van der Waals surface area (Å²) in [6.45, 7) is 4.25. The van der Waals surface area contributed by atoms with Crippen molar-refractivity contribution in [1.29, 1.82) is 0 Å². The predicted octanol–water partition coefficient (Wildman–Crippen LogP) is 4.69. The highest BCUT2D eigenvalue weighted by Crippen LogP contribution is 2.50. The fourth-order valence-corrected chi connectivity index (χ4v) is 5.21. The van der Waals surface area contributed by atoms with Crippen LogP contribution >= 0.6 is 11.6 Å². The molecule has 35 heavy (non-hydrogen) atoms. The van der Waals surface area contributed by atoms with Gasteiger partial charge in [0.25, 0.3) is 0 Å². The van der Waals surface area contributed by atoms with Gasteiger partial charge in [-0.25, -0.2) is 19.7 Å². The number of rotatable bonds is 8. The topological polar surface area (TPSA) is 112 Å². The van der Waals surface area contributed by atoms with Crippen LogP contribution in [0.15, 0.2) is 30.7 Å². The Bertz CT molecular complexity index is 1070. The van der Waals surface area contributed by atoms with Crippen LogP contribution in [0, 0.1) is 23.2 Å². The summed E-state index contributed by atoms with van der Waals surface area (Å²) in [7, 11) is 0. The van der Waals surface area contributed by atoms with Gasteiger partial charge < -0.3 is 15.3 Å². The van der Waals surface area contributed by atoms with E-state index in [4.69, 9.17) is 11.6 Å². The van der Waals surface area contributed by atoms with Crippen molar-refractivity contribution in [3.05, 3.63) is 35.7 Å². The van der Waals surface area contributed by atoms with Crippen molar-refractivity contribution in [2.45, 2.75) is 45.4 Å². The van der Waals surface area contributed by atoms with E-state index in [1.54, 1.807) is 24.5 Å². The molecule has 1 saturated heterocycles. The largest absolute Gasteiger partial charge is 0.465 e. The molecule has 2 N–H and O–H groups in total. The molecule has 2 aliphatic carbocycles. The third-order valence-corrected chi connectivity index (χ3v) is 8.01. The van der Waals surface area contributed by atoms with Crippen LogP contribution in [-0.2, 0) is 4.79 Å². The number of aromatic nitrogens is 3. The monoisotopic (exact) mass is 498 g/mol. The second kappa shape index (κ2) is 9.60. The molecule has 10 heteroatoms. The van der Waals surface area contributed by atoms with E-state index in [0.717, 1.165) is 57.6 Å². The van der Waals surface area contributed by atoms with Crippen LogP contribution in [-0.4, -0.2) is 51.7 Å². The van der Waals surface area contributed by atoms with Gasteiger partial charge in [0.05, 0.1) is 29.3 Å². The lowest BCUT2D eigenvalue weighted by Gasteiger charge is -2.32. The molecule has 2 amide bonds. The zero-order valence-corrected chi connectivity index (χ0v) is 20.6. The molecule has 2 aromatic rings.